The van der Waals surface area contributed by atoms with Gasteiger partial charge in [0.25, 0.3) is 11.5 Å². The molecule has 2 N–H and O–H groups in total. The maximum atomic E-state index is 13.8. The number of piperazine rings is 1. The number of ether oxygens (including phenoxy) is 1. The Morgan fingerprint density at radius 1 is 1.07 bits per heavy atom. The van der Waals surface area contributed by atoms with E-state index in [0.717, 1.165) is 24.2 Å². The second-order valence-corrected chi connectivity index (χ2v) is 13.7. The number of thiophene rings is 1. The van der Waals surface area contributed by atoms with Crippen molar-refractivity contribution in [3.8, 4) is 16.9 Å². The predicted octanol–water partition coefficient (Wildman–Crippen LogP) is 2.58. The van der Waals surface area contributed by atoms with Crippen molar-refractivity contribution in [3.63, 3.8) is 0 Å². The Bertz CT molecular complexity index is 1650. The molecule has 2 fully saturated rings. The fourth-order valence-electron chi connectivity index (χ4n) is 5.07. The number of hydrogen-bond donors (Lipinski definition) is 2. The molecule has 1 saturated heterocycles. The number of para-hydroxylation sites is 1. The molecule has 11 nitrogen and oxygen atoms in total. The van der Waals surface area contributed by atoms with Gasteiger partial charge in [-0.15, -0.1) is 23.7 Å². The van der Waals surface area contributed by atoms with Gasteiger partial charge in [-0.05, 0) is 43.2 Å². The van der Waals surface area contributed by atoms with Crippen LogP contribution in [0.2, 0.25) is 4.34 Å². The number of carbonyl (C=O) groups is 2. The first-order chi connectivity index (χ1) is 20.1. The molecule has 2 aromatic heterocycles. The first-order valence-electron chi connectivity index (χ1n) is 13.5. The van der Waals surface area contributed by atoms with Crippen molar-refractivity contribution in [1.29, 1.82) is 0 Å². The molecule has 15 heteroatoms. The lowest BCUT2D eigenvalue weighted by Crippen LogP contribution is -2.58. The fourth-order valence-corrected chi connectivity index (χ4v) is 7.41. The average Bonchev–Trinajstić information content (AvgIpc) is 3.75. The number of nitrogens with one attached hydrogen (secondary N) is 2. The topological polar surface area (TPSA) is 130 Å². The van der Waals surface area contributed by atoms with E-state index < -0.39 is 27.9 Å². The Labute approximate surface area is 265 Å². The summed E-state index contributed by atoms with van der Waals surface area (Å²) in [5.41, 5.74) is 0.230. The number of amides is 2. The monoisotopic (exact) mass is 669 g/mol. The van der Waals surface area contributed by atoms with Gasteiger partial charge in [0.1, 0.15) is 16.7 Å². The molecular formula is C28H33Cl2N5O6S2. The van der Waals surface area contributed by atoms with E-state index in [4.69, 9.17) is 16.3 Å². The summed E-state index contributed by atoms with van der Waals surface area (Å²) in [4.78, 5) is 43.4. The van der Waals surface area contributed by atoms with E-state index in [1.165, 1.54) is 23.8 Å². The van der Waals surface area contributed by atoms with E-state index in [0.29, 0.717) is 47.0 Å². The highest BCUT2D eigenvalue weighted by Crippen LogP contribution is 2.34. The van der Waals surface area contributed by atoms with E-state index in [-0.39, 0.29) is 40.7 Å². The van der Waals surface area contributed by atoms with Gasteiger partial charge in [0.05, 0.1) is 21.9 Å². The molecule has 232 valence electrons. The molecule has 43 heavy (non-hydrogen) atoms. The maximum Gasteiger partial charge on any atom is 0.261 e. The van der Waals surface area contributed by atoms with Crippen molar-refractivity contribution in [1.82, 2.24) is 24.4 Å². The van der Waals surface area contributed by atoms with Crippen molar-refractivity contribution in [2.24, 2.45) is 7.05 Å². The lowest BCUT2D eigenvalue weighted by molar-refractivity contribution is -0.134. The molecule has 1 aliphatic heterocycles. The second kappa shape index (κ2) is 13.8. The van der Waals surface area contributed by atoms with Gasteiger partial charge in [0.15, 0.2) is 0 Å². The molecule has 0 radical (unpaired) electrons. The largest absolute Gasteiger partial charge is 0.495 e. The predicted molar refractivity (Wildman–Crippen MR) is 168 cm³/mol. The van der Waals surface area contributed by atoms with Crippen LogP contribution in [0.1, 0.15) is 22.5 Å². The summed E-state index contributed by atoms with van der Waals surface area (Å²) in [5, 5.41) is 2.68. The van der Waals surface area contributed by atoms with Crippen LogP contribution in [-0.2, 0) is 21.9 Å². The normalized spacial score (nSPS) is 16.3. The van der Waals surface area contributed by atoms with Crippen molar-refractivity contribution >= 4 is 57.2 Å². The summed E-state index contributed by atoms with van der Waals surface area (Å²) in [5.74, 6) is -0.942. The highest BCUT2D eigenvalue weighted by molar-refractivity contribution is 7.89. The Morgan fingerprint density at radius 2 is 1.77 bits per heavy atom. The van der Waals surface area contributed by atoms with Crippen LogP contribution < -0.4 is 20.3 Å². The molecule has 3 aromatic rings. The summed E-state index contributed by atoms with van der Waals surface area (Å²) in [6.07, 6.45) is 3.91. The van der Waals surface area contributed by atoms with Crippen LogP contribution in [0.4, 0.5) is 0 Å². The van der Waals surface area contributed by atoms with Crippen LogP contribution in [0.25, 0.3) is 11.1 Å². The van der Waals surface area contributed by atoms with E-state index in [2.05, 4.69) is 14.9 Å². The van der Waals surface area contributed by atoms with Gasteiger partial charge in [-0.25, -0.2) is 8.42 Å². The standard InChI is InChI=1S/C28H32ClN5O6S2.ClH/c1-32-12-4-6-20(27(32)36)19-5-3-7-23(25(19)40-2)42(38,39)31-21(17-30-26(35)22-10-11-24(29)41-22)28(37)34-15-13-33(14-16-34)18-8-9-18;/h3-7,10-12,18,21,31H,8-9,13-17H2,1-2H3,(H,30,35);1H/t21-;/m0./s1. The number of rotatable bonds is 10. The summed E-state index contributed by atoms with van der Waals surface area (Å²) in [7, 11) is -1.46. The number of pyridine rings is 1. The van der Waals surface area contributed by atoms with Gasteiger partial charge in [0.2, 0.25) is 15.9 Å². The van der Waals surface area contributed by atoms with Crippen LogP contribution in [-0.4, -0.2) is 86.5 Å². The zero-order valence-electron chi connectivity index (χ0n) is 23.6. The third kappa shape index (κ3) is 7.41. The molecule has 5 rings (SSSR count). The van der Waals surface area contributed by atoms with Crippen molar-refractivity contribution in [3.05, 3.63) is 68.2 Å². The Kier molecular flexibility index (Phi) is 10.6. The number of methoxy groups -OCH3 is 1. The minimum Gasteiger partial charge on any atom is -0.495 e. The van der Waals surface area contributed by atoms with E-state index in [1.54, 1.807) is 48.5 Å². The molecule has 2 amide bonds. The van der Waals surface area contributed by atoms with Crippen LogP contribution in [0.15, 0.2) is 58.4 Å². The summed E-state index contributed by atoms with van der Waals surface area (Å²) in [6.45, 7) is 2.04. The molecule has 3 heterocycles. The molecule has 2 aliphatic rings. The summed E-state index contributed by atoms with van der Waals surface area (Å²) >= 11 is 7.05. The number of aromatic nitrogens is 1. The Morgan fingerprint density at radius 3 is 2.40 bits per heavy atom. The molecule has 0 bridgehead atoms. The zero-order valence-corrected chi connectivity index (χ0v) is 26.8. The van der Waals surface area contributed by atoms with Gasteiger partial charge in [0, 0.05) is 57.6 Å². The highest BCUT2D eigenvalue weighted by Gasteiger charge is 2.36. The molecule has 1 saturated carbocycles. The molecule has 1 atom stereocenters. The average molecular weight is 671 g/mol. The lowest BCUT2D eigenvalue weighted by atomic mass is 10.1. The second-order valence-electron chi connectivity index (χ2n) is 10.3. The smallest absolute Gasteiger partial charge is 0.261 e. The van der Waals surface area contributed by atoms with Crippen LogP contribution >= 0.6 is 35.3 Å². The number of halogens is 2. The van der Waals surface area contributed by atoms with Crippen molar-refractivity contribution in [2.75, 3.05) is 39.8 Å². The van der Waals surface area contributed by atoms with Gasteiger partial charge in [-0.2, -0.15) is 4.72 Å². The third-order valence-corrected chi connectivity index (χ3v) is 10.2. The SMILES string of the molecule is COc1c(-c2cccn(C)c2=O)cccc1S(=O)(=O)N[C@@H](CNC(=O)c1ccc(Cl)s1)C(=O)N1CCN(C2CC2)CC1.Cl. The summed E-state index contributed by atoms with van der Waals surface area (Å²) < 4.78 is 37.5. The van der Waals surface area contributed by atoms with Gasteiger partial charge in [-0.3, -0.25) is 19.3 Å². The minimum atomic E-state index is -4.37. The zero-order chi connectivity index (χ0) is 30.0. The Hall–Kier alpha value is -2.94. The summed E-state index contributed by atoms with van der Waals surface area (Å²) in [6, 6.07) is 10.1. The van der Waals surface area contributed by atoms with Gasteiger partial charge < -0.3 is 19.5 Å². The van der Waals surface area contributed by atoms with Gasteiger partial charge >= 0.3 is 0 Å². The van der Waals surface area contributed by atoms with Crippen molar-refractivity contribution in [2.45, 2.75) is 29.8 Å². The first kappa shape index (κ1) is 33.0. The molecule has 0 unspecified atom stereocenters. The lowest BCUT2D eigenvalue weighted by Gasteiger charge is -2.36. The number of aryl methyl sites for hydroxylation is 1. The van der Waals surface area contributed by atoms with E-state index in [9.17, 15) is 22.8 Å². The first-order valence-corrected chi connectivity index (χ1v) is 16.2. The quantitative estimate of drug-likeness (QED) is 0.339. The van der Waals surface area contributed by atoms with Crippen molar-refractivity contribution < 1.29 is 22.7 Å². The number of sulfonamides is 1. The number of carbonyl (C=O) groups excluding carboxylic acids is 2. The van der Waals surface area contributed by atoms with E-state index >= 15 is 0 Å². The van der Waals surface area contributed by atoms with Crippen LogP contribution in [0.5, 0.6) is 5.75 Å². The molecule has 1 aromatic carbocycles. The number of hydrogen-bond acceptors (Lipinski definition) is 8. The molecular weight excluding hydrogens is 637 g/mol. The highest BCUT2D eigenvalue weighted by atomic mass is 35.5. The Balaban J connectivity index is 0.00000423. The third-order valence-electron chi connectivity index (χ3n) is 7.43. The molecule has 0 spiro atoms. The van der Waals surface area contributed by atoms with Gasteiger partial charge in [-0.1, -0.05) is 23.7 Å². The number of benzene rings is 1. The van der Waals surface area contributed by atoms with Crippen LogP contribution in [0.3, 0.4) is 0 Å². The maximum absolute atomic E-state index is 13.8. The van der Waals surface area contributed by atoms with Crippen LogP contribution in [0, 0.1) is 0 Å². The fraction of sp³-hybridized carbons (Fsp3) is 0.393. The van der Waals surface area contributed by atoms with E-state index in [1.807, 2.05) is 0 Å². The number of nitrogens with zero attached hydrogens (tertiary/aromatic N) is 3. The molecule has 1 aliphatic carbocycles. The minimum absolute atomic E-state index is 0.